The molecule has 0 aliphatic carbocycles. The molecule has 12 nitrogen and oxygen atoms in total. The van der Waals surface area contributed by atoms with Crippen molar-refractivity contribution in [3.63, 3.8) is 0 Å². The van der Waals surface area contributed by atoms with Crippen molar-refractivity contribution in [3.8, 4) is 11.5 Å². The SMILES string of the molecule is CCN1NC(=NP(=O)(O)O)c2ccc(cc2)OCCCCCOc2ccc(cc2)COP(N)(=O)O1. The van der Waals surface area contributed by atoms with Gasteiger partial charge >= 0.3 is 15.5 Å². The van der Waals surface area contributed by atoms with Crippen LogP contribution in [0.2, 0.25) is 0 Å². The minimum atomic E-state index is -4.82. The lowest BCUT2D eigenvalue weighted by molar-refractivity contribution is -0.0934. The Balaban J connectivity index is 1.83. The molecule has 4 aliphatic heterocycles. The molecule has 0 saturated heterocycles. The van der Waals surface area contributed by atoms with Gasteiger partial charge in [-0.05, 0) is 68.1 Å². The second-order valence-electron chi connectivity index (χ2n) is 7.59. The fourth-order valence-electron chi connectivity index (χ4n) is 3.03. The highest BCUT2D eigenvalue weighted by molar-refractivity contribution is 7.51. The van der Waals surface area contributed by atoms with E-state index in [0.29, 0.717) is 35.8 Å². The predicted octanol–water partition coefficient (Wildman–Crippen LogP) is 3.51. The van der Waals surface area contributed by atoms with Gasteiger partial charge < -0.3 is 19.3 Å². The molecule has 5 N–H and O–H groups in total. The molecule has 1 atom stereocenters. The smallest absolute Gasteiger partial charge is 0.450 e. The van der Waals surface area contributed by atoms with Crippen LogP contribution in [0.1, 0.15) is 37.3 Å². The fourth-order valence-corrected chi connectivity index (χ4v) is 4.26. The van der Waals surface area contributed by atoms with Crippen molar-refractivity contribution >= 4 is 21.3 Å². The predicted molar refractivity (Wildman–Crippen MR) is 129 cm³/mol. The summed E-state index contributed by atoms with van der Waals surface area (Å²) in [7, 11) is -8.93. The minimum absolute atomic E-state index is 0.0813. The van der Waals surface area contributed by atoms with Crippen LogP contribution in [0.4, 0.5) is 0 Å². The Hall–Kier alpha value is -2.27. The molecule has 0 aromatic heterocycles. The Morgan fingerprint density at radius 1 is 1.03 bits per heavy atom. The number of nitrogens with zero attached hydrogens (tertiary/aromatic N) is 2. The Kier molecular flexibility index (Phi) is 9.85. The van der Waals surface area contributed by atoms with Crippen LogP contribution in [-0.4, -0.2) is 40.6 Å². The summed E-state index contributed by atoms with van der Waals surface area (Å²) >= 11 is 0. The Morgan fingerprint density at radius 2 is 1.60 bits per heavy atom. The maximum atomic E-state index is 12.7. The number of benzene rings is 2. The molecule has 35 heavy (non-hydrogen) atoms. The van der Waals surface area contributed by atoms with Crippen LogP contribution < -0.4 is 20.4 Å². The topological polar surface area (TPSA) is 165 Å². The van der Waals surface area contributed by atoms with E-state index in [9.17, 15) is 18.9 Å². The van der Waals surface area contributed by atoms with E-state index in [4.69, 9.17) is 24.1 Å². The van der Waals surface area contributed by atoms with Crippen LogP contribution in [0, 0.1) is 0 Å². The number of nitrogens with two attached hydrogens (primary N) is 1. The number of rotatable bonds is 2. The van der Waals surface area contributed by atoms with Crippen molar-refractivity contribution in [2.24, 2.45) is 10.3 Å². The number of ether oxygens (including phenoxy) is 2. The lowest BCUT2D eigenvalue weighted by Crippen LogP contribution is -2.42. The Bertz CT molecular complexity index is 1080. The van der Waals surface area contributed by atoms with E-state index in [1.807, 2.05) is 0 Å². The molecule has 4 heterocycles. The second-order valence-corrected chi connectivity index (χ2v) is 10.3. The summed E-state index contributed by atoms with van der Waals surface area (Å²) in [5.41, 5.74) is 9.37. The highest BCUT2D eigenvalue weighted by Gasteiger charge is 2.25. The standard InChI is InChI=1S/C21H30N4O8P2/c1-2-25-23-21(24-35(27,28)29)18-8-12-20(13-9-18)31-15-5-3-4-14-30-19-10-6-17(7-11-19)16-32-34(22,26)33-25/h6-13H,2-5,14-16H2,1H3,(H2,22,26)(H3,23,24,27,28,29). The van der Waals surface area contributed by atoms with Gasteiger partial charge in [0.05, 0.1) is 19.8 Å². The molecule has 2 aromatic rings. The Labute approximate surface area is 203 Å². The number of hydroxylamine groups is 1. The van der Waals surface area contributed by atoms with Crippen LogP contribution >= 0.6 is 15.5 Å². The van der Waals surface area contributed by atoms with E-state index in [1.165, 1.54) is 0 Å². The third kappa shape index (κ3) is 9.71. The molecule has 0 radical (unpaired) electrons. The molecule has 0 spiro atoms. The lowest BCUT2D eigenvalue weighted by atomic mass is 10.2. The first kappa shape index (κ1) is 27.3. The first-order valence-corrected chi connectivity index (χ1v) is 14.2. The molecule has 192 valence electrons. The average molecular weight is 528 g/mol. The van der Waals surface area contributed by atoms with Gasteiger partial charge in [0, 0.05) is 12.1 Å². The van der Waals surface area contributed by atoms with Crippen LogP contribution in [0.15, 0.2) is 53.3 Å². The van der Waals surface area contributed by atoms with Crippen LogP contribution in [0.3, 0.4) is 0 Å². The summed E-state index contributed by atoms with van der Waals surface area (Å²) in [5, 5.41) is 0.933. The van der Waals surface area contributed by atoms with Crippen LogP contribution in [-0.2, 0) is 24.9 Å². The summed E-state index contributed by atoms with van der Waals surface area (Å²) in [6.45, 7) is 2.72. The molecule has 6 rings (SSSR count). The van der Waals surface area contributed by atoms with Gasteiger partial charge in [0.25, 0.3) is 0 Å². The van der Waals surface area contributed by atoms with E-state index >= 15 is 0 Å². The highest BCUT2D eigenvalue weighted by atomic mass is 31.2. The molecule has 4 aliphatic rings. The largest absolute Gasteiger partial charge is 0.494 e. The Morgan fingerprint density at radius 3 is 2.14 bits per heavy atom. The summed E-state index contributed by atoms with van der Waals surface area (Å²) in [6, 6.07) is 13.5. The first-order valence-electron chi connectivity index (χ1n) is 11.0. The molecule has 2 aromatic carbocycles. The average Bonchev–Trinajstić information content (AvgIpc) is 2.81. The van der Waals surface area contributed by atoms with E-state index in [0.717, 1.165) is 24.4 Å². The zero-order valence-electron chi connectivity index (χ0n) is 19.3. The van der Waals surface area contributed by atoms with Crippen LogP contribution in [0.5, 0.6) is 11.5 Å². The van der Waals surface area contributed by atoms with Crippen molar-refractivity contribution in [3.05, 3.63) is 59.7 Å². The van der Waals surface area contributed by atoms with E-state index in [2.05, 4.69) is 10.2 Å². The molecule has 0 saturated carbocycles. The quantitative estimate of drug-likeness (QED) is 0.422. The third-order valence-corrected chi connectivity index (χ3v) is 6.12. The monoisotopic (exact) mass is 528 g/mol. The molecular weight excluding hydrogens is 498 g/mol. The minimum Gasteiger partial charge on any atom is -0.494 e. The van der Waals surface area contributed by atoms with E-state index < -0.39 is 15.5 Å². The summed E-state index contributed by atoms with van der Waals surface area (Å²) < 4.78 is 49.8. The van der Waals surface area contributed by atoms with Crippen molar-refractivity contribution in [2.75, 3.05) is 19.8 Å². The molecule has 1 unspecified atom stereocenters. The molecule has 0 fully saturated rings. The van der Waals surface area contributed by atoms with Gasteiger partial charge in [-0.15, -0.1) is 0 Å². The van der Waals surface area contributed by atoms with Gasteiger partial charge in [-0.2, -0.15) is 9.39 Å². The van der Waals surface area contributed by atoms with Gasteiger partial charge in [0.15, 0.2) is 5.84 Å². The number of hydrazine groups is 1. The highest BCUT2D eigenvalue weighted by Crippen LogP contribution is 2.41. The number of amidine groups is 1. The second kappa shape index (κ2) is 12.6. The van der Waals surface area contributed by atoms with Crippen molar-refractivity contribution in [2.45, 2.75) is 32.8 Å². The van der Waals surface area contributed by atoms with Gasteiger partial charge in [-0.25, -0.2) is 14.6 Å². The number of hydrogen-bond donors (Lipinski definition) is 4. The molecule has 0 amide bonds. The van der Waals surface area contributed by atoms with Crippen molar-refractivity contribution in [1.82, 2.24) is 10.6 Å². The van der Waals surface area contributed by atoms with Crippen molar-refractivity contribution < 1.29 is 37.5 Å². The van der Waals surface area contributed by atoms with Crippen LogP contribution in [0.25, 0.3) is 0 Å². The molecule has 4 bridgehead atoms. The summed E-state index contributed by atoms with van der Waals surface area (Å²) in [6.07, 6.45) is 2.63. The summed E-state index contributed by atoms with van der Waals surface area (Å²) in [4.78, 5) is 18.8. The third-order valence-electron chi connectivity index (χ3n) is 4.75. The van der Waals surface area contributed by atoms with Crippen molar-refractivity contribution in [1.29, 1.82) is 0 Å². The maximum Gasteiger partial charge on any atom is 0.450 e. The zero-order valence-corrected chi connectivity index (χ0v) is 21.1. The normalized spacial score (nSPS) is 22.5. The maximum absolute atomic E-state index is 12.7. The molecular formula is C21H30N4O8P2. The summed E-state index contributed by atoms with van der Waals surface area (Å²) in [5.74, 6) is 1.08. The molecule has 14 heteroatoms. The van der Waals surface area contributed by atoms with Gasteiger partial charge in [-0.3, -0.25) is 9.95 Å². The van der Waals surface area contributed by atoms with Gasteiger partial charge in [-0.1, -0.05) is 17.3 Å². The zero-order chi connectivity index (χ0) is 25.3. The van der Waals surface area contributed by atoms with E-state index in [1.54, 1.807) is 55.5 Å². The van der Waals surface area contributed by atoms with Gasteiger partial charge in [0.2, 0.25) is 0 Å². The van der Waals surface area contributed by atoms with Gasteiger partial charge in [0.1, 0.15) is 11.5 Å². The number of hydrogen-bond acceptors (Lipinski definition) is 7. The van der Waals surface area contributed by atoms with E-state index in [-0.39, 0.29) is 19.0 Å². The fraction of sp³-hybridized carbons (Fsp3) is 0.381. The number of nitrogens with one attached hydrogen (secondary N) is 1. The first-order chi connectivity index (χ1) is 16.6. The lowest BCUT2D eigenvalue weighted by Gasteiger charge is -2.25.